The normalized spacial score (nSPS) is 18.5. The maximum atomic E-state index is 14.2. The Morgan fingerprint density at radius 2 is 1.81 bits per heavy atom. The average Bonchev–Trinajstić information content (AvgIpc) is 2.51. The second kappa shape index (κ2) is 6.27. The molecule has 0 amide bonds. The number of ether oxygens (including phenoxy) is 2. The fourth-order valence-electron chi connectivity index (χ4n) is 2.47. The van der Waals surface area contributed by atoms with Gasteiger partial charge in [-0.05, 0) is 43.0 Å². The molecule has 1 aliphatic rings. The fraction of sp³-hybridized carbons (Fsp3) is 0.333. The molecule has 3 heteroatoms. The first-order chi connectivity index (χ1) is 10.2. The van der Waals surface area contributed by atoms with Gasteiger partial charge in [0.2, 0.25) is 0 Å². The predicted molar refractivity (Wildman–Crippen MR) is 80.8 cm³/mol. The highest BCUT2D eigenvalue weighted by Gasteiger charge is 2.17. The third kappa shape index (κ3) is 3.42. The highest BCUT2D eigenvalue weighted by Crippen LogP contribution is 2.27. The van der Waals surface area contributed by atoms with Crippen molar-refractivity contribution in [2.24, 2.45) is 0 Å². The Morgan fingerprint density at radius 1 is 1.05 bits per heavy atom. The van der Waals surface area contributed by atoms with Gasteiger partial charge >= 0.3 is 0 Å². The molecule has 0 radical (unpaired) electrons. The van der Waals surface area contributed by atoms with Crippen molar-refractivity contribution in [1.82, 2.24) is 0 Å². The van der Waals surface area contributed by atoms with Crippen LogP contribution in [0.5, 0.6) is 5.75 Å². The van der Waals surface area contributed by atoms with Crippen molar-refractivity contribution in [3.05, 3.63) is 53.8 Å². The number of hydrogen-bond donors (Lipinski definition) is 0. The second-order valence-corrected chi connectivity index (χ2v) is 5.43. The van der Waals surface area contributed by atoms with Crippen molar-refractivity contribution in [3.8, 4) is 16.9 Å². The molecule has 1 heterocycles. The van der Waals surface area contributed by atoms with Crippen molar-refractivity contribution in [3.63, 3.8) is 0 Å². The molecular weight excluding hydrogens is 267 g/mol. The summed E-state index contributed by atoms with van der Waals surface area (Å²) in [6.45, 7) is 2.72. The molecular formula is C18H19FO2. The molecule has 1 atom stereocenters. The van der Waals surface area contributed by atoms with E-state index in [1.165, 1.54) is 11.6 Å². The van der Waals surface area contributed by atoms with Crippen LogP contribution >= 0.6 is 0 Å². The van der Waals surface area contributed by atoms with E-state index in [1.807, 2.05) is 37.3 Å². The summed E-state index contributed by atoms with van der Waals surface area (Å²) in [5.74, 6) is -0.0833. The van der Waals surface area contributed by atoms with Gasteiger partial charge in [0, 0.05) is 6.42 Å². The predicted octanol–water partition coefficient (Wildman–Crippen LogP) is 4.71. The third-order valence-corrected chi connectivity index (χ3v) is 3.71. The van der Waals surface area contributed by atoms with Gasteiger partial charge in [0.15, 0.2) is 17.9 Å². The van der Waals surface area contributed by atoms with E-state index in [9.17, 15) is 4.39 Å². The van der Waals surface area contributed by atoms with Crippen molar-refractivity contribution < 1.29 is 13.9 Å². The Hall–Kier alpha value is -1.87. The van der Waals surface area contributed by atoms with E-state index in [-0.39, 0.29) is 17.9 Å². The van der Waals surface area contributed by atoms with Crippen molar-refractivity contribution >= 4 is 0 Å². The van der Waals surface area contributed by atoms with Crippen LogP contribution in [0.2, 0.25) is 0 Å². The first-order valence-corrected chi connectivity index (χ1v) is 7.37. The first-order valence-electron chi connectivity index (χ1n) is 7.37. The molecule has 2 aromatic carbocycles. The van der Waals surface area contributed by atoms with Crippen LogP contribution in [0.15, 0.2) is 42.5 Å². The maximum absolute atomic E-state index is 14.2. The topological polar surface area (TPSA) is 18.5 Å². The summed E-state index contributed by atoms with van der Waals surface area (Å²) in [6, 6.07) is 13.1. The number of rotatable bonds is 3. The molecule has 2 nitrogen and oxygen atoms in total. The molecule has 1 saturated heterocycles. The lowest BCUT2D eigenvalue weighted by atomic mass is 10.0. The Bertz CT molecular complexity index is 601. The molecule has 0 saturated carbocycles. The monoisotopic (exact) mass is 286 g/mol. The van der Waals surface area contributed by atoms with Gasteiger partial charge in [0.25, 0.3) is 0 Å². The molecule has 1 fully saturated rings. The Kier molecular flexibility index (Phi) is 4.20. The van der Waals surface area contributed by atoms with Crippen LogP contribution in [-0.4, -0.2) is 12.9 Å². The Balaban J connectivity index is 1.77. The summed E-state index contributed by atoms with van der Waals surface area (Å²) in [6.07, 6.45) is 2.61. The molecule has 1 unspecified atom stereocenters. The molecule has 0 bridgehead atoms. The van der Waals surface area contributed by atoms with Gasteiger partial charge in [0.05, 0.1) is 6.61 Å². The Morgan fingerprint density at radius 3 is 2.48 bits per heavy atom. The SMILES string of the molecule is Cc1ccc(-c2ccc(OC3CCCCO3)c(F)c2)cc1. The minimum atomic E-state index is -0.345. The van der Waals surface area contributed by atoms with Crippen molar-refractivity contribution in [2.75, 3.05) is 6.61 Å². The number of hydrogen-bond acceptors (Lipinski definition) is 2. The molecule has 0 aliphatic carbocycles. The fourth-order valence-corrected chi connectivity index (χ4v) is 2.47. The molecule has 2 aromatic rings. The largest absolute Gasteiger partial charge is 0.462 e. The van der Waals surface area contributed by atoms with Crippen LogP contribution in [0.4, 0.5) is 4.39 Å². The van der Waals surface area contributed by atoms with Gasteiger partial charge in [-0.15, -0.1) is 0 Å². The van der Waals surface area contributed by atoms with Gasteiger partial charge in [-0.1, -0.05) is 35.9 Å². The lowest BCUT2D eigenvalue weighted by molar-refractivity contribution is -0.107. The van der Waals surface area contributed by atoms with Crippen molar-refractivity contribution in [1.29, 1.82) is 0 Å². The van der Waals surface area contributed by atoms with Gasteiger partial charge < -0.3 is 9.47 Å². The summed E-state index contributed by atoms with van der Waals surface area (Å²) in [7, 11) is 0. The average molecular weight is 286 g/mol. The van der Waals surface area contributed by atoms with E-state index in [4.69, 9.17) is 9.47 Å². The highest BCUT2D eigenvalue weighted by molar-refractivity contribution is 5.64. The van der Waals surface area contributed by atoms with Gasteiger partial charge in [-0.3, -0.25) is 0 Å². The van der Waals surface area contributed by atoms with E-state index >= 15 is 0 Å². The van der Waals surface area contributed by atoms with E-state index in [0.717, 1.165) is 30.4 Å². The van der Waals surface area contributed by atoms with Gasteiger partial charge in [-0.25, -0.2) is 4.39 Å². The lowest BCUT2D eigenvalue weighted by Gasteiger charge is -2.23. The number of aryl methyl sites for hydroxylation is 1. The zero-order chi connectivity index (χ0) is 14.7. The zero-order valence-corrected chi connectivity index (χ0v) is 12.1. The van der Waals surface area contributed by atoms with Crippen molar-refractivity contribution in [2.45, 2.75) is 32.5 Å². The first kappa shape index (κ1) is 14.1. The van der Waals surface area contributed by atoms with E-state index in [2.05, 4.69) is 0 Å². The summed E-state index contributed by atoms with van der Waals surface area (Å²) in [5, 5.41) is 0. The molecule has 0 N–H and O–H groups in total. The zero-order valence-electron chi connectivity index (χ0n) is 12.1. The van der Waals surface area contributed by atoms with Gasteiger partial charge in [-0.2, -0.15) is 0 Å². The van der Waals surface area contributed by atoms with E-state index in [1.54, 1.807) is 6.07 Å². The lowest BCUT2D eigenvalue weighted by Crippen LogP contribution is -2.25. The van der Waals surface area contributed by atoms with Crippen LogP contribution in [0, 0.1) is 12.7 Å². The second-order valence-electron chi connectivity index (χ2n) is 5.43. The minimum Gasteiger partial charge on any atom is -0.462 e. The maximum Gasteiger partial charge on any atom is 0.199 e. The number of benzene rings is 2. The molecule has 1 aliphatic heterocycles. The smallest absolute Gasteiger partial charge is 0.199 e. The highest BCUT2D eigenvalue weighted by atomic mass is 19.1. The quantitative estimate of drug-likeness (QED) is 0.813. The molecule has 0 aromatic heterocycles. The molecule has 21 heavy (non-hydrogen) atoms. The summed E-state index contributed by atoms with van der Waals surface area (Å²) < 4.78 is 25.3. The molecule has 110 valence electrons. The summed E-state index contributed by atoms with van der Waals surface area (Å²) in [5.41, 5.74) is 3.04. The summed E-state index contributed by atoms with van der Waals surface area (Å²) >= 11 is 0. The Labute approximate surface area is 124 Å². The summed E-state index contributed by atoms with van der Waals surface area (Å²) in [4.78, 5) is 0. The molecule has 0 spiro atoms. The van der Waals surface area contributed by atoms with Crippen LogP contribution in [0.1, 0.15) is 24.8 Å². The van der Waals surface area contributed by atoms with E-state index < -0.39 is 0 Å². The van der Waals surface area contributed by atoms with Crippen LogP contribution in [-0.2, 0) is 4.74 Å². The van der Waals surface area contributed by atoms with Crippen LogP contribution in [0.3, 0.4) is 0 Å². The van der Waals surface area contributed by atoms with Crippen LogP contribution in [0.25, 0.3) is 11.1 Å². The minimum absolute atomic E-state index is 0.262. The van der Waals surface area contributed by atoms with E-state index in [0.29, 0.717) is 6.61 Å². The number of halogens is 1. The van der Waals surface area contributed by atoms with Crippen LogP contribution < -0.4 is 4.74 Å². The molecule has 3 rings (SSSR count). The van der Waals surface area contributed by atoms with Gasteiger partial charge in [0.1, 0.15) is 0 Å². The third-order valence-electron chi connectivity index (χ3n) is 3.71. The standard InChI is InChI=1S/C18H19FO2/c1-13-5-7-14(8-6-13)15-9-10-17(16(19)12-15)21-18-4-2-3-11-20-18/h5-10,12,18H,2-4,11H2,1H3.